The zero-order valence-corrected chi connectivity index (χ0v) is 18.4. The van der Waals surface area contributed by atoms with E-state index in [-0.39, 0.29) is 12.3 Å². The lowest BCUT2D eigenvalue weighted by atomic mass is 10.2. The first kappa shape index (κ1) is 22.3. The van der Waals surface area contributed by atoms with Crippen molar-refractivity contribution in [2.24, 2.45) is 0 Å². The molecule has 0 radical (unpaired) electrons. The van der Waals surface area contributed by atoms with Crippen LogP contribution in [-0.4, -0.2) is 10.6 Å². The van der Waals surface area contributed by atoms with Crippen molar-refractivity contribution in [1.29, 1.82) is 0 Å². The van der Waals surface area contributed by atoms with Crippen molar-refractivity contribution in [3.8, 4) is 5.75 Å². The predicted molar refractivity (Wildman–Crippen MR) is 119 cm³/mol. The molecule has 0 bridgehead atoms. The molecule has 0 amide bonds. The van der Waals surface area contributed by atoms with Gasteiger partial charge in [0.1, 0.15) is 16.6 Å². The molecule has 0 spiro atoms. The lowest BCUT2D eigenvalue weighted by Gasteiger charge is -2.23. The normalized spacial score (nSPS) is 12.7. The summed E-state index contributed by atoms with van der Waals surface area (Å²) in [6.07, 6.45) is -4.77. The molecule has 166 valence electrons. The second kappa shape index (κ2) is 8.91. The van der Waals surface area contributed by atoms with Gasteiger partial charge in [0, 0.05) is 4.70 Å². The summed E-state index contributed by atoms with van der Waals surface area (Å²) >= 11 is 1.47. The molecule has 4 rings (SSSR count). The van der Waals surface area contributed by atoms with Crippen LogP contribution in [0.4, 0.5) is 22.6 Å². The number of fused-ring (bicyclic) bond motifs is 1. The monoisotopic (exact) mass is 479 g/mol. The largest absolute Gasteiger partial charge is 0.573 e. The molecular formula is C23H17F4NO2S2. The lowest BCUT2D eigenvalue weighted by Crippen LogP contribution is -2.25. The van der Waals surface area contributed by atoms with Crippen LogP contribution in [0.3, 0.4) is 0 Å². The molecule has 1 heterocycles. The lowest BCUT2D eigenvalue weighted by molar-refractivity contribution is -0.274. The predicted octanol–water partition coefficient (Wildman–Crippen LogP) is 6.98. The molecule has 3 nitrogen and oxygen atoms in total. The summed E-state index contributed by atoms with van der Waals surface area (Å²) < 4.78 is 70.8. The third-order valence-corrected chi connectivity index (χ3v) is 7.54. The highest BCUT2D eigenvalue weighted by Crippen LogP contribution is 2.40. The molecule has 3 aromatic carbocycles. The standard InChI is InChI=1S/C23H17F4NO2S2/c1-15-20-4-2-3-5-21(20)31-22(15)28(32(29)19-12-8-17(24)9-13-19)14-16-6-10-18(11-7-16)30-23(25,26)27/h2-13H,14H2,1H3. The van der Waals surface area contributed by atoms with Crippen molar-refractivity contribution in [1.82, 2.24) is 0 Å². The van der Waals surface area contributed by atoms with Crippen LogP contribution in [0.15, 0.2) is 77.7 Å². The molecule has 0 saturated heterocycles. The maximum atomic E-state index is 13.5. The van der Waals surface area contributed by atoms with Crippen molar-refractivity contribution in [2.45, 2.75) is 24.7 Å². The maximum Gasteiger partial charge on any atom is 0.573 e. The van der Waals surface area contributed by atoms with E-state index < -0.39 is 23.2 Å². The molecule has 32 heavy (non-hydrogen) atoms. The number of nitrogens with zero attached hydrogens (tertiary/aromatic N) is 1. The van der Waals surface area contributed by atoms with Gasteiger partial charge in [-0.05, 0) is 65.9 Å². The number of hydrogen-bond donors (Lipinski definition) is 0. The van der Waals surface area contributed by atoms with Gasteiger partial charge in [0.05, 0.1) is 11.4 Å². The number of aryl methyl sites for hydroxylation is 1. The van der Waals surface area contributed by atoms with Crippen LogP contribution in [0.2, 0.25) is 0 Å². The van der Waals surface area contributed by atoms with Crippen LogP contribution in [-0.2, 0) is 17.5 Å². The summed E-state index contributed by atoms with van der Waals surface area (Å²) in [4.78, 5) is 0.417. The van der Waals surface area contributed by atoms with Gasteiger partial charge >= 0.3 is 6.36 Å². The average Bonchev–Trinajstić information content (AvgIpc) is 3.09. The molecule has 0 N–H and O–H groups in total. The second-order valence-electron chi connectivity index (χ2n) is 6.96. The minimum atomic E-state index is -4.77. The third kappa shape index (κ3) is 4.94. The summed E-state index contributed by atoms with van der Waals surface area (Å²) in [6, 6.07) is 18.6. The van der Waals surface area contributed by atoms with E-state index in [2.05, 4.69) is 4.74 Å². The Kier molecular flexibility index (Phi) is 6.21. The summed E-state index contributed by atoms with van der Waals surface area (Å²) in [6.45, 7) is 2.10. The Morgan fingerprint density at radius 3 is 2.25 bits per heavy atom. The van der Waals surface area contributed by atoms with Gasteiger partial charge in [-0.25, -0.2) is 8.60 Å². The topological polar surface area (TPSA) is 29.5 Å². The molecule has 0 aliphatic rings. The van der Waals surface area contributed by atoms with E-state index in [1.165, 1.54) is 59.9 Å². The Hall–Kier alpha value is -2.91. The highest BCUT2D eigenvalue weighted by molar-refractivity contribution is 7.86. The zero-order valence-electron chi connectivity index (χ0n) is 16.7. The average molecular weight is 480 g/mol. The smallest absolute Gasteiger partial charge is 0.406 e. The van der Waals surface area contributed by atoms with E-state index in [9.17, 15) is 21.8 Å². The van der Waals surface area contributed by atoms with Crippen molar-refractivity contribution in [2.75, 3.05) is 4.31 Å². The number of halogens is 4. The molecule has 9 heteroatoms. The van der Waals surface area contributed by atoms with Gasteiger partial charge < -0.3 is 4.74 Å². The SMILES string of the molecule is Cc1c(N(Cc2ccc(OC(F)(F)F)cc2)S(=O)c2ccc(F)cc2)sc2ccccc12. The van der Waals surface area contributed by atoms with E-state index in [0.717, 1.165) is 20.7 Å². The molecule has 1 aromatic heterocycles. The number of hydrogen-bond acceptors (Lipinski definition) is 3. The van der Waals surface area contributed by atoms with E-state index in [1.54, 1.807) is 4.31 Å². The zero-order chi connectivity index (χ0) is 22.9. The molecule has 0 aliphatic carbocycles. The molecular weight excluding hydrogens is 462 g/mol. The summed E-state index contributed by atoms with van der Waals surface area (Å²) in [5.41, 5.74) is 1.59. The first-order chi connectivity index (χ1) is 15.2. The highest BCUT2D eigenvalue weighted by Gasteiger charge is 2.31. The highest BCUT2D eigenvalue weighted by atomic mass is 32.2. The summed E-state index contributed by atoms with van der Waals surface area (Å²) in [7, 11) is -1.67. The van der Waals surface area contributed by atoms with Crippen LogP contribution in [0.5, 0.6) is 5.75 Å². The first-order valence-corrected chi connectivity index (χ1v) is 11.4. The minimum absolute atomic E-state index is 0.171. The molecule has 1 atom stereocenters. The quantitative estimate of drug-likeness (QED) is 0.279. The Morgan fingerprint density at radius 1 is 0.969 bits per heavy atom. The number of benzene rings is 3. The van der Waals surface area contributed by atoms with Crippen molar-refractivity contribution < 1.29 is 26.5 Å². The van der Waals surface area contributed by atoms with Gasteiger partial charge in [-0.15, -0.1) is 24.5 Å². The maximum absolute atomic E-state index is 13.5. The summed E-state index contributed by atoms with van der Waals surface area (Å²) in [5.74, 6) is -0.763. The van der Waals surface area contributed by atoms with Crippen LogP contribution in [0.1, 0.15) is 11.1 Å². The van der Waals surface area contributed by atoms with Crippen molar-refractivity contribution in [3.05, 3.63) is 89.7 Å². The van der Waals surface area contributed by atoms with Gasteiger partial charge in [-0.1, -0.05) is 30.3 Å². The van der Waals surface area contributed by atoms with Gasteiger partial charge in [0.25, 0.3) is 0 Å². The van der Waals surface area contributed by atoms with Crippen molar-refractivity contribution >= 4 is 37.4 Å². The number of ether oxygens (including phenoxy) is 1. The van der Waals surface area contributed by atoms with Crippen molar-refractivity contribution in [3.63, 3.8) is 0 Å². The minimum Gasteiger partial charge on any atom is -0.406 e. The Labute approximate surface area is 188 Å². The molecule has 0 saturated carbocycles. The van der Waals surface area contributed by atoms with Gasteiger partial charge in [0.2, 0.25) is 0 Å². The second-order valence-corrected chi connectivity index (χ2v) is 9.40. The van der Waals surface area contributed by atoms with E-state index in [0.29, 0.717) is 10.5 Å². The van der Waals surface area contributed by atoms with E-state index >= 15 is 0 Å². The van der Waals surface area contributed by atoms with Crippen LogP contribution >= 0.6 is 11.3 Å². The van der Waals surface area contributed by atoms with Gasteiger partial charge in [0.15, 0.2) is 11.0 Å². The molecule has 0 fully saturated rings. The number of thiophene rings is 1. The number of anilines is 1. The third-order valence-electron chi connectivity index (χ3n) is 4.74. The first-order valence-electron chi connectivity index (χ1n) is 9.49. The fraction of sp³-hybridized carbons (Fsp3) is 0.130. The Balaban J connectivity index is 1.71. The number of alkyl halides is 3. The van der Waals surface area contributed by atoms with E-state index in [4.69, 9.17) is 0 Å². The van der Waals surface area contributed by atoms with Crippen LogP contribution in [0, 0.1) is 12.7 Å². The fourth-order valence-corrected chi connectivity index (χ4v) is 5.85. The summed E-state index contributed by atoms with van der Waals surface area (Å²) in [5, 5.41) is 1.80. The van der Waals surface area contributed by atoms with E-state index in [1.807, 2.05) is 31.2 Å². The fourth-order valence-electron chi connectivity index (χ4n) is 3.25. The molecule has 0 aliphatic heterocycles. The van der Waals surface area contributed by atoms with Crippen LogP contribution < -0.4 is 9.04 Å². The Bertz CT molecular complexity index is 1250. The Morgan fingerprint density at radius 2 is 1.62 bits per heavy atom. The molecule has 1 unspecified atom stereocenters. The molecule has 4 aromatic rings. The van der Waals surface area contributed by atoms with Gasteiger partial charge in [-0.3, -0.25) is 4.31 Å². The van der Waals surface area contributed by atoms with Gasteiger partial charge in [-0.2, -0.15) is 0 Å². The van der Waals surface area contributed by atoms with Crippen LogP contribution in [0.25, 0.3) is 10.1 Å². The number of rotatable bonds is 6.